The van der Waals surface area contributed by atoms with E-state index in [0.717, 1.165) is 0 Å². The minimum absolute atomic E-state index is 0.327. The standard InChI is InChI=1S/C2H8Si2/c1-2-4-3/h2H,1,4H2,3H3. The highest BCUT2D eigenvalue weighted by Crippen LogP contribution is 1.39. The molecule has 0 rings (SSSR count). The highest BCUT2D eigenvalue weighted by molar-refractivity contribution is 6.92. The Morgan fingerprint density at radius 1 is 2.00 bits per heavy atom. The summed E-state index contributed by atoms with van der Waals surface area (Å²) in [6, 6.07) is 0. The molecule has 0 aromatic heterocycles. The predicted molar refractivity (Wildman–Crippen MR) is 28.7 cm³/mol. The summed E-state index contributed by atoms with van der Waals surface area (Å²) in [4.78, 5) is 0. The third-order valence-corrected chi connectivity index (χ3v) is 2.60. The number of hydrogen-bond donors (Lipinski definition) is 0. The zero-order valence-electron chi connectivity index (χ0n) is 2.99. The topological polar surface area (TPSA) is 0 Å². The Bertz CT molecular complexity index is 18.0. The summed E-state index contributed by atoms with van der Waals surface area (Å²) in [5.74, 6) is 0. The maximum Gasteiger partial charge on any atom is 0.0285 e. The minimum atomic E-state index is 0.327. The second kappa shape index (κ2) is 3.17. The molecule has 0 radical (unpaired) electrons. The van der Waals surface area contributed by atoms with Gasteiger partial charge in [-0.2, -0.15) is 0 Å². The van der Waals surface area contributed by atoms with Gasteiger partial charge in [0, 0.05) is 9.04 Å². The van der Waals surface area contributed by atoms with Crippen LogP contribution in [0, 0.1) is 0 Å². The van der Waals surface area contributed by atoms with Crippen LogP contribution in [-0.4, -0.2) is 18.8 Å². The molecule has 0 spiro atoms. The van der Waals surface area contributed by atoms with E-state index >= 15 is 0 Å². The van der Waals surface area contributed by atoms with Gasteiger partial charge in [-0.25, -0.2) is 0 Å². The van der Waals surface area contributed by atoms with Crippen molar-refractivity contribution in [2.75, 3.05) is 0 Å². The monoisotopic (exact) mass is 88.0 g/mol. The summed E-state index contributed by atoms with van der Waals surface area (Å²) in [6.45, 7) is 3.58. The molecular weight excluding hydrogens is 80.2 g/mol. The van der Waals surface area contributed by atoms with Crippen molar-refractivity contribution in [3.8, 4) is 0 Å². The molecular formula is C2H8Si2. The summed E-state index contributed by atoms with van der Waals surface area (Å²) < 4.78 is 0. The fourth-order valence-corrected chi connectivity index (χ4v) is 0. The second-order valence-corrected chi connectivity index (χ2v) is 4.54. The van der Waals surface area contributed by atoms with E-state index in [9.17, 15) is 0 Å². The van der Waals surface area contributed by atoms with Crippen LogP contribution in [0.2, 0.25) is 0 Å². The van der Waals surface area contributed by atoms with Crippen molar-refractivity contribution in [1.82, 2.24) is 0 Å². The molecule has 0 saturated carbocycles. The van der Waals surface area contributed by atoms with Gasteiger partial charge >= 0.3 is 0 Å². The third-order valence-electron chi connectivity index (χ3n) is 0.289. The first kappa shape index (κ1) is 4.17. The Kier molecular flexibility index (Phi) is 3.31. The lowest BCUT2D eigenvalue weighted by Crippen LogP contribution is -1.73. The number of hydrogen-bond acceptors (Lipinski definition) is 0. The lowest BCUT2D eigenvalue weighted by Gasteiger charge is -1.54. The Labute approximate surface area is 31.9 Å². The molecule has 0 unspecified atom stereocenters. The van der Waals surface area contributed by atoms with E-state index in [4.69, 9.17) is 0 Å². The molecule has 0 aliphatic rings. The largest absolute Gasteiger partial charge is 0.112 e. The lowest BCUT2D eigenvalue weighted by molar-refractivity contribution is 2.61. The van der Waals surface area contributed by atoms with Crippen molar-refractivity contribution in [2.45, 2.75) is 0 Å². The van der Waals surface area contributed by atoms with Gasteiger partial charge in [0.25, 0.3) is 0 Å². The van der Waals surface area contributed by atoms with E-state index in [1.807, 2.05) is 0 Å². The summed E-state index contributed by atoms with van der Waals surface area (Å²) in [5, 5.41) is 0. The molecule has 0 aliphatic carbocycles. The minimum Gasteiger partial charge on any atom is -0.112 e. The molecule has 2 heteroatoms. The van der Waals surface area contributed by atoms with Crippen LogP contribution in [0.4, 0.5) is 0 Å². The SMILES string of the molecule is C=C[SiH2][SiH3]. The van der Waals surface area contributed by atoms with Gasteiger partial charge in [0.1, 0.15) is 0 Å². The lowest BCUT2D eigenvalue weighted by atomic mass is 11.3. The zero-order chi connectivity index (χ0) is 3.41. The molecule has 24 valence electrons. The molecule has 0 bridgehead atoms. The molecule has 0 saturated heterocycles. The summed E-state index contributed by atoms with van der Waals surface area (Å²) in [7, 11) is 1.74. The molecule has 0 atom stereocenters. The summed E-state index contributed by atoms with van der Waals surface area (Å²) in [5.41, 5.74) is 2.08. The molecule has 0 heterocycles. The Hall–Kier alpha value is 0.174. The highest BCUT2D eigenvalue weighted by Gasteiger charge is 1.48. The van der Waals surface area contributed by atoms with Gasteiger partial charge in [0.2, 0.25) is 0 Å². The van der Waals surface area contributed by atoms with Gasteiger partial charge in [-0.05, 0) is 9.76 Å². The summed E-state index contributed by atoms with van der Waals surface area (Å²) >= 11 is 0. The molecule has 0 amide bonds. The van der Waals surface area contributed by atoms with Crippen LogP contribution in [0.1, 0.15) is 0 Å². The second-order valence-electron chi connectivity index (χ2n) is 0.697. The highest BCUT2D eigenvalue weighted by atomic mass is 29.1. The van der Waals surface area contributed by atoms with Crippen molar-refractivity contribution in [3.63, 3.8) is 0 Å². The van der Waals surface area contributed by atoms with Crippen LogP contribution in [0.15, 0.2) is 12.3 Å². The Morgan fingerprint density at radius 3 is 2.25 bits per heavy atom. The van der Waals surface area contributed by atoms with E-state index < -0.39 is 0 Å². The van der Waals surface area contributed by atoms with Gasteiger partial charge < -0.3 is 0 Å². The maximum atomic E-state index is 3.58. The van der Waals surface area contributed by atoms with Gasteiger partial charge in [-0.15, -0.1) is 12.3 Å². The van der Waals surface area contributed by atoms with E-state index in [0.29, 0.717) is 9.04 Å². The van der Waals surface area contributed by atoms with Gasteiger partial charge in [0.05, 0.1) is 0 Å². The van der Waals surface area contributed by atoms with Crippen LogP contribution in [0.5, 0.6) is 0 Å². The van der Waals surface area contributed by atoms with Crippen molar-refractivity contribution >= 4 is 18.8 Å². The molecule has 0 aromatic carbocycles. The van der Waals surface area contributed by atoms with Crippen molar-refractivity contribution in [1.29, 1.82) is 0 Å². The smallest absolute Gasteiger partial charge is 0.0285 e. The van der Waals surface area contributed by atoms with Crippen LogP contribution < -0.4 is 0 Å². The van der Waals surface area contributed by atoms with Crippen LogP contribution in [0.25, 0.3) is 0 Å². The molecule has 0 nitrogen and oxygen atoms in total. The fourth-order valence-electron chi connectivity index (χ4n) is 0. The quantitative estimate of drug-likeness (QED) is 0.345. The molecule has 4 heavy (non-hydrogen) atoms. The number of rotatable bonds is 1. The molecule has 0 N–H and O–H groups in total. The molecule has 0 aromatic rings. The van der Waals surface area contributed by atoms with Crippen molar-refractivity contribution in [2.24, 2.45) is 0 Å². The first-order valence-corrected chi connectivity index (χ1v) is 8.00. The average molecular weight is 88.3 g/mol. The van der Waals surface area contributed by atoms with Crippen LogP contribution in [0.3, 0.4) is 0 Å². The fraction of sp³-hybridized carbons (Fsp3) is 0. The first-order valence-electron chi connectivity index (χ1n) is 1.52. The van der Waals surface area contributed by atoms with E-state index in [1.54, 1.807) is 0 Å². The molecule has 0 fully saturated rings. The predicted octanol–water partition coefficient (Wildman–Crippen LogP) is -1.42. The average Bonchev–Trinajstić information content (AvgIpc) is 1.37. The van der Waals surface area contributed by atoms with Crippen molar-refractivity contribution in [3.05, 3.63) is 12.3 Å². The van der Waals surface area contributed by atoms with Gasteiger partial charge in [-0.3, -0.25) is 0 Å². The zero-order valence-corrected chi connectivity index (χ0v) is 6.41. The Balaban J connectivity index is 2.30. The van der Waals surface area contributed by atoms with E-state index in [1.165, 1.54) is 9.76 Å². The van der Waals surface area contributed by atoms with Crippen molar-refractivity contribution < 1.29 is 0 Å². The normalized spacial score (nSPS) is 10.0. The Morgan fingerprint density at radius 2 is 2.25 bits per heavy atom. The van der Waals surface area contributed by atoms with Gasteiger partial charge in [0.15, 0.2) is 0 Å². The molecule has 0 aliphatic heterocycles. The maximum absolute atomic E-state index is 3.58. The van der Waals surface area contributed by atoms with Crippen LogP contribution >= 0.6 is 0 Å². The van der Waals surface area contributed by atoms with E-state index in [2.05, 4.69) is 12.3 Å². The third kappa shape index (κ3) is 2.17. The summed E-state index contributed by atoms with van der Waals surface area (Å²) in [6.07, 6.45) is 0. The first-order chi connectivity index (χ1) is 1.91. The van der Waals surface area contributed by atoms with Crippen LogP contribution in [-0.2, 0) is 0 Å². The van der Waals surface area contributed by atoms with Gasteiger partial charge in [-0.1, -0.05) is 0 Å². The van der Waals surface area contributed by atoms with E-state index in [-0.39, 0.29) is 0 Å².